The molecule has 0 saturated carbocycles. The summed E-state index contributed by atoms with van der Waals surface area (Å²) < 4.78 is 56.7. The Morgan fingerprint density at radius 1 is 1.40 bits per heavy atom. The molecule has 0 fully saturated rings. The summed E-state index contributed by atoms with van der Waals surface area (Å²) in [6, 6.07) is 1.66. The van der Waals surface area contributed by atoms with E-state index in [1.807, 2.05) is 0 Å². The maximum atomic E-state index is 13.9. The van der Waals surface area contributed by atoms with Gasteiger partial charge in [0.15, 0.2) is 0 Å². The van der Waals surface area contributed by atoms with Gasteiger partial charge in [-0.2, -0.15) is 13.2 Å². The normalized spacial score (nSPS) is 15.0. The van der Waals surface area contributed by atoms with Crippen LogP contribution in [0, 0.1) is 5.82 Å². The zero-order valence-corrected chi connectivity index (χ0v) is 13.0. The molecule has 1 aliphatic rings. The van der Waals surface area contributed by atoms with Crippen molar-refractivity contribution < 1.29 is 37.0 Å². The van der Waals surface area contributed by atoms with Crippen molar-refractivity contribution in [3.63, 3.8) is 0 Å². The van der Waals surface area contributed by atoms with Crippen LogP contribution in [0.25, 0.3) is 0 Å². The molecule has 0 aliphatic carbocycles. The Kier molecular flexibility index (Phi) is 5.31. The van der Waals surface area contributed by atoms with E-state index in [0.717, 1.165) is 12.0 Å². The Hall–Kier alpha value is -2.62. The third-order valence-corrected chi connectivity index (χ3v) is 3.51. The second-order valence-corrected chi connectivity index (χ2v) is 5.11. The van der Waals surface area contributed by atoms with E-state index < -0.39 is 40.8 Å². The number of hydrogen-bond donors (Lipinski definition) is 2. The molecule has 10 heteroatoms. The number of anilines is 1. The molecule has 1 aliphatic heterocycles. The zero-order chi connectivity index (χ0) is 18.8. The summed E-state index contributed by atoms with van der Waals surface area (Å²) >= 11 is 0. The predicted octanol–water partition coefficient (Wildman–Crippen LogP) is 1.52. The van der Waals surface area contributed by atoms with E-state index in [0.29, 0.717) is 18.2 Å². The van der Waals surface area contributed by atoms with Crippen molar-refractivity contribution in [3.05, 3.63) is 40.8 Å². The van der Waals surface area contributed by atoms with Gasteiger partial charge in [0.2, 0.25) is 0 Å². The first-order valence-electron chi connectivity index (χ1n) is 7.04. The first-order valence-corrected chi connectivity index (χ1v) is 7.04. The van der Waals surface area contributed by atoms with Crippen LogP contribution in [-0.4, -0.2) is 48.7 Å². The summed E-state index contributed by atoms with van der Waals surface area (Å²) in [5.41, 5.74) is -2.28. The van der Waals surface area contributed by atoms with Crippen LogP contribution in [0.2, 0.25) is 0 Å². The van der Waals surface area contributed by atoms with Crippen molar-refractivity contribution in [1.29, 1.82) is 0 Å². The molecule has 1 aromatic rings. The monoisotopic (exact) mass is 362 g/mol. The molecule has 0 unspecified atom stereocenters. The first kappa shape index (κ1) is 18.7. The average Bonchev–Trinajstić information content (AvgIpc) is 2.85. The van der Waals surface area contributed by atoms with E-state index >= 15 is 0 Å². The molecule has 2 rings (SSSR count). The molecule has 0 spiro atoms. The highest BCUT2D eigenvalue weighted by Crippen LogP contribution is 2.33. The van der Waals surface area contributed by atoms with E-state index in [1.165, 1.54) is 0 Å². The molecule has 0 bridgehead atoms. The fraction of sp³-hybridized carbons (Fsp3) is 0.333. The Morgan fingerprint density at radius 2 is 2.08 bits per heavy atom. The van der Waals surface area contributed by atoms with Gasteiger partial charge in [0.25, 0.3) is 5.91 Å². The third kappa shape index (κ3) is 3.90. The van der Waals surface area contributed by atoms with Gasteiger partial charge in [0.05, 0.1) is 37.1 Å². The number of rotatable bonds is 5. The topological polar surface area (TPSA) is 78.9 Å². The number of carbonyl (C=O) groups excluding carboxylic acids is 2. The number of esters is 1. The van der Waals surface area contributed by atoms with Gasteiger partial charge in [0, 0.05) is 6.54 Å². The minimum atomic E-state index is -4.70. The number of aliphatic hydroxyl groups is 1. The molecule has 6 nitrogen and oxygen atoms in total. The van der Waals surface area contributed by atoms with Gasteiger partial charge < -0.3 is 20.1 Å². The summed E-state index contributed by atoms with van der Waals surface area (Å²) in [5.74, 6) is -2.67. The summed E-state index contributed by atoms with van der Waals surface area (Å²) in [6.45, 7) is -0.698. The molecule has 1 aromatic carbocycles. The molecule has 1 amide bonds. The number of halogens is 4. The van der Waals surface area contributed by atoms with Crippen molar-refractivity contribution in [1.82, 2.24) is 4.90 Å². The Balaban J connectivity index is 2.41. The number of aliphatic hydroxyl groups excluding tert-OH is 1. The second-order valence-electron chi connectivity index (χ2n) is 5.11. The number of nitrogens with one attached hydrogen (secondary N) is 1. The molecule has 1 heterocycles. The quantitative estimate of drug-likeness (QED) is 0.613. The molecule has 0 saturated heterocycles. The zero-order valence-electron chi connectivity index (χ0n) is 13.0. The van der Waals surface area contributed by atoms with E-state index in [1.54, 1.807) is 0 Å². The number of benzene rings is 1. The van der Waals surface area contributed by atoms with Crippen LogP contribution >= 0.6 is 0 Å². The first-order chi connectivity index (χ1) is 11.7. The van der Waals surface area contributed by atoms with Gasteiger partial charge in [-0.1, -0.05) is 0 Å². The molecule has 2 N–H and O–H groups in total. The highest BCUT2D eigenvalue weighted by Gasteiger charge is 2.36. The molecular formula is C15H14F4N2O4. The van der Waals surface area contributed by atoms with Crippen LogP contribution in [0.1, 0.15) is 5.56 Å². The number of alkyl halides is 3. The van der Waals surface area contributed by atoms with Gasteiger partial charge in [-0.15, -0.1) is 0 Å². The highest BCUT2D eigenvalue weighted by molar-refractivity contribution is 6.08. The fourth-order valence-corrected chi connectivity index (χ4v) is 2.28. The SMILES string of the molecule is COC(=O)C1=C(Nc2cc(C(F)(F)F)ccc2F)C(=O)N(CCO)C1. The van der Waals surface area contributed by atoms with E-state index in [-0.39, 0.29) is 25.3 Å². The van der Waals surface area contributed by atoms with Gasteiger partial charge >= 0.3 is 12.1 Å². The number of methoxy groups -OCH3 is 1. The lowest BCUT2D eigenvalue weighted by atomic mass is 10.1. The van der Waals surface area contributed by atoms with Gasteiger partial charge in [-0.25, -0.2) is 9.18 Å². The second kappa shape index (κ2) is 7.09. The lowest BCUT2D eigenvalue weighted by Crippen LogP contribution is -2.31. The van der Waals surface area contributed by atoms with Crippen molar-refractivity contribution in [2.24, 2.45) is 0 Å². The maximum Gasteiger partial charge on any atom is 0.416 e. The minimum Gasteiger partial charge on any atom is -0.466 e. The Labute approximate surface area is 139 Å². The largest absolute Gasteiger partial charge is 0.466 e. The number of carbonyl (C=O) groups is 2. The average molecular weight is 362 g/mol. The van der Waals surface area contributed by atoms with Crippen LogP contribution in [0.4, 0.5) is 23.2 Å². The van der Waals surface area contributed by atoms with Crippen molar-refractivity contribution in [3.8, 4) is 0 Å². The smallest absolute Gasteiger partial charge is 0.416 e. The highest BCUT2D eigenvalue weighted by atomic mass is 19.4. The van der Waals surface area contributed by atoms with Crippen molar-refractivity contribution in [2.75, 3.05) is 32.1 Å². The predicted molar refractivity (Wildman–Crippen MR) is 77.7 cm³/mol. The Bertz CT molecular complexity index is 731. The Morgan fingerprint density at radius 3 is 2.64 bits per heavy atom. The number of hydrogen-bond acceptors (Lipinski definition) is 5. The summed E-state index contributed by atoms with van der Waals surface area (Å²) in [5, 5.41) is 11.2. The number of ether oxygens (including phenoxy) is 1. The molecule has 0 radical (unpaired) electrons. The van der Waals surface area contributed by atoms with Crippen LogP contribution in [0.3, 0.4) is 0 Å². The lowest BCUT2D eigenvalue weighted by molar-refractivity contribution is -0.138. The standard InChI is InChI=1S/C15H14F4N2O4/c1-25-14(24)9-7-21(4-5-22)13(23)12(9)20-11-6-8(15(17,18)19)2-3-10(11)16/h2-3,6,20,22H,4-5,7H2,1H3. The van der Waals surface area contributed by atoms with Crippen LogP contribution in [0.15, 0.2) is 29.5 Å². The van der Waals surface area contributed by atoms with Gasteiger partial charge in [0.1, 0.15) is 11.5 Å². The summed E-state index contributed by atoms with van der Waals surface area (Å²) in [6.07, 6.45) is -4.70. The molecule has 136 valence electrons. The number of nitrogens with zero attached hydrogens (tertiary/aromatic N) is 1. The minimum absolute atomic E-state index is 0.102. The summed E-state index contributed by atoms with van der Waals surface area (Å²) in [4.78, 5) is 25.1. The maximum absolute atomic E-state index is 13.9. The van der Waals surface area contributed by atoms with E-state index in [9.17, 15) is 27.2 Å². The molecule has 0 atom stereocenters. The van der Waals surface area contributed by atoms with E-state index in [2.05, 4.69) is 10.1 Å². The van der Waals surface area contributed by atoms with Crippen LogP contribution in [-0.2, 0) is 20.5 Å². The summed E-state index contributed by atoms with van der Waals surface area (Å²) in [7, 11) is 1.07. The number of amides is 1. The molecule has 0 aromatic heterocycles. The fourth-order valence-electron chi connectivity index (χ4n) is 2.28. The lowest BCUT2D eigenvalue weighted by Gasteiger charge is -2.15. The molecule has 25 heavy (non-hydrogen) atoms. The van der Waals surface area contributed by atoms with Crippen molar-refractivity contribution >= 4 is 17.6 Å². The third-order valence-electron chi connectivity index (χ3n) is 3.51. The molecular weight excluding hydrogens is 348 g/mol. The van der Waals surface area contributed by atoms with E-state index in [4.69, 9.17) is 5.11 Å². The van der Waals surface area contributed by atoms with Gasteiger partial charge in [-0.05, 0) is 18.2 Å². The van der Waals surface area contributed by atoms with Crippen LogP contribution < -0.4 is 5.32 Å². The van der Waals surface area contributed by atoms with Crippen LogP contribution in [0.5, 0.6) is 0 Å². The van der Waals surface area contributed by atoms with Gasteiger partial charge in [-0.3, -0.25) is 4.79 Å². The van der Waals surface area contributed by atoms with Crippen molar-refractivity contribution in [2.45, 2.75) is 6.18 Å². The number of β-amino-alcohol motifs (C(OH)–C–C–N with tert-alkyl or cyclic N) is 1.